The summed E-state index contributed by atoms with van der Waals surface area (Å²) in [6.45, 7) is -0.155. The first-order valence-corrected chi connectivity index (χ1v) is 20.2. The topological polar surface area (TPSA) is 71.1 Å². The van der Waals surface area contributed by atoms with E-state index in [0.717, 1.165) is 0 Å². The van der Waals surface area contributed by atoms with Gasteiger partial charge in [0, 0.05) is 63.0 Å². The van der Waals surface area contributed by atoms with Crippen molar-refractivity contribution in [3.8, 4) is 34.1 Å². The van der Waals surface area contributed by atoms with E-state index in [1.165, 1.54) is 0 Å². The summed E-state index contributed by atoms with van der Waals surface area (Å²) in [5.74, 6) is 1.51. The van der Waals surface area contributed by atoms with E-state index in [1.54, 1.807) is 121 Å². The zero-order valence-corrected chi connectivity index (χ0v) is 30.6. The van der Waals surface area contributed by atoms with Crippen LogP contribution >= 0.6 is 60.7 Å². The van der Waals surface area contributed by atoms with Crippen molar-refractivity contribution in [1.29, 1.82) is 0 Å². The molecular weight excluding hydrogens is 756 g/mol. The molecule has 2 heterocycles. The van der Waals surface area contributed by atoms with Crippen LogP contribution in [0.25, 0.3) is 11.1 Å². The lowest BCUT2D eigenvalue weighted by Gasteiger charge is -2.28. The molecule has 0 radical (unpaired) electrons. The summed E-state index contributed by atoms with van der Waals surface area (Å²) < 4.78 is 56.5. The van der Waals surface area contributed by atoms with Crippen LogP contribution in [0.15, 0.2) is 121 Å². The van der Waals surface area contributed by atoms with Gasteiger partial charge in [0.1, 0.15) is 0 Å². The Labute approximate surface area is 308 Å². The molecule has 0 saturated carbocycles. The van der Waals surface area contributed by atoms with Gasteiger partial charge in [0.15, 0.2) is 37.3 Å². The predicted octanol–water partition coefficient (Wildman–Crippen LogP) is 8.70. The van der Waals surface area contributed by atoms with E-state index in [4.69, 9.17) is 65.4 Å². The van der Waals surface area contributed by atoms with E-state index < -0.39 is 14.3 Å². The molecule has 0 N–H and O–H groups in total. The molecule has 0 saturated heterocycles. The minimum Gasteiger partial charge on any atom is -0.454 e. The van der Waals surface area contributed by atoms with Gasteiger partial charge in [-0.05, 0) is 121 Å². The van der Waals surface area contributed by atoms with Gasteiger partial charge >= 0.3 is 0 Å². The molecule has 0 bridgehead atoms. The number of rotatable bonds is 7. The van der Waals surface area contributed by atoms with Gasteiger partial charge in [0.2, 0.25) is 13.6 Å². The van der Waals surface area contributed by atoms with E-state index in [-0.39, 0.29) is 13.6 Å². The quantitative estimate of drug-likeness (QED) is 0.151. The third-order valence-electron chi connectivity index (χ3n) is 8.72. The summed E-state index contributed by atoms with van der Waals surface area (Å²) >= 11 is 25.3. The molecule has 250 valence electrons. The second kappa shape index (κ2) is 13.0. The van der Waals surface area contributed by atoms with Gasteiger partial charge in [-0.2, -0.15) is 0 Å². The molecule has 0 atom stereocenters. The molecule has 0 unspecified atom stereocenters. The van der Waals surface area contributed by atoms with Crippen LogP contribution in [0.5, 0.6) is 23.0 Å². The fourth-order valence-electron chi connectivity index (χ4n) is 6.39. The van der Waals surface area contributed by atoms with E-state index in [9.17, 15) is 0 Å². The highest BCUT2D eigenvalue weighted by atomic mass is 35.5. The molecule has 0 aromatic heterocycles. The SMILES string of the molecule is O=P(c1ccc(Cl)cc1)(c1ccc(Cl)cc1)c1ccc2c(c1-c1c(P(=O)(c3ccc(Cl)cc3)c3ccc(Cl)cc3)ccc3c1OCO3)OCO2. The summed E-state index contributed by atoms with van der Waals surface area (Å²) in [6, 6.07) is 34.5. The van der Waals surface area contributed by atoms with Crippen LogP contribution in [0.4, 0.5) is 0 Å². The molecule has 12 heteroatoms. The number of halogens is 4. The van der Waals surface area contributed by atoms with E-state index in [1.807, 2.05) is 0 Å². The maximum Gasteiger partial charge on any atom is 0.231 e. The second-order valence-corrected chi connectivity index (χ2v) is 18.7. The lowest BCUT2D eigenvalue weighted by Crippen LogP contribution is -2.30. The number of ether oxygens (including phenoxy) is 4. The average Bonchev–Trinajstić information content (AvgIpc) is 3.82. The van der Waals surface area contributed by atoms with Gasteiger partial charge in [0.25, 0.3) is 0 Å². The Morgan fingerprint density at radius 1 is 0.380 bits per heavy atom. The van der Waals surface area contributed by atoms with E-state index in [2.05, 4.69) is 0 Å². The van der Waals surface area contributed by atoms with Crippen molar-refractivity contribution in [3.63, 3.8) is 0 Å². The molecule has 0 aliphatic carbocycles. The number of benzene rings is 6. The summed E-state index contributed by atoms with van der Waals surface area (Å²) in [5, 5.41) is 4.79. The van der Waals surface area contributed by atoms with Crippen LogP contribution in [0.1, 0.15) is 0 Å². The Kier molecular flexibility index (Phi) is 8.68. The van der Waals surface area contributed by atoms with Gasteiger partial charge in [-0.3, -0.25) is 0 Å². The standard InChI is InChI=1S/C38H24Cl4O6P2/c39-23-1-9-27(10-2-23)49(43,28-11-3-24(40)4-12-28)33-19-17-31-37(47-21-45-31)35(33)36-34(20-18-32-38(36)48-22-46-32)50(44,29-13-5-25(41)6-14-29)30-15-7-26(42)8-16-30/h1-20H,21-22H2. The zero-order chi connectivity index (χ0) is 34.6. The second-order valence-electron chi connectivity index (χ2n) is 11.5. The smallest absolute Gasteiger partial charge is 0.231 e. The average molecular weight is 780 g/mol. The molecule has 0 fully saturated rings. The van der Waals surface area contributed by atoms with Gasteiger partial charge in [0.05, 0.1) is 0 Å². The van der Waals surface area contributed by atoms with Crippen LogP contribution in [0.3, 0.4) is 0 Å². The highest BCUT2D eigenvalue weighted by molar-refractivity contribution is 7.86. The largest absolute Gasteiger partial charge is 0.454 e. The Hall–Kier alpha value is -3.86. The number of hydrogen-bond donors (Lipinski definition) is 0. The maximum atomic E-state index is 16.2. The molecule has 2 aliphatic rings. The van der Waals surface area contributed by atoms with Gasteiger partial charge in [-0.25, -0.2) is 0 Å². The summed E-state index contributed by atoms with van der Waals surface area (Å²) in [5.41, 5.74) is 0.794. The molecule has 0 spiro atoms. The van der Waals surface area contributed by atoms with E-state index >= 15 is 9.13 Å². The fourth-order valence-corrected chi connectivity index (χ4v) is 12.5. The van der Waals surface area contributed by atoms with Crippen LogP contribution in [-0.4, -0.2) is 13.6 Å². The maximum absolute atomic E-state index is 16.2. The van der Waals surface area contributed by atoms with Gasteiger partial charge in [-0.1, -0.05) is 46.4 Å². The van der Waals surface area contributed by atoms with Crippen LogP contribution < -0.4 is 50.8 Å². The van der Waals surface area contributed by atoms with Crippen molar-refractivity contribution in [3.05, 3.63) is 141 Å². The lowest BCUT2D eigenvalue weighted by molar-refractivity contribution is 0.173. The monoisotopic (exact) mass is 778 g/mol. The first-order chi connectivity index (χ1) is 24.2. The molecule has 6 aromatic carbocycles. The van der Waals surface area contributed by atoms with Crippen molar-refractivity contribution in [2.24, 2.45) is 0 Å². The number of hydrogen-bond acceptors (Lipinski definition) is 6. The first kappa shape index (κ1) is 33.3. The van der Waals surface area contributed by atoms with Gasteiger partial charge < -0.3 is 28.1 Å². The van der Waals surface area contributed by atoms with E-state index in [0.29, 0.717) is 86.0 Å². The molecule has 6 aromatic rings. The third-order valence-corrected chi connectivity index (χ3v) is 15.9. The van der Waals surface area contributed by atoms with Crippen molar-refractivity contribution < 1.29 is 28.1 Å². The molecule has 0 amide bonds. The Balaban J connectivity index is 1.52. The highest BCUT2D eigenvalue weighted by Gasteiger charge is 2.42. The molecule has 8 rings (SSSR count). The van der Waals surface area contributed by atoms with Crippen molar-refractivity contribution in [1.82, 2.24) is 0 Å². The number of fused-ring (bicyclic) bond motifs is 2. The van der Waals surface area contributed by atoms with Crippen molar-refractivity contribution in [2.45, 2.75) is 0 Å². The van der Waals surface area contributed by atoms with Crippen molar-refractivity contribution >= 4 is 92.5 Å². The Bertz CT molecular complexity index is 2100. The summed E-state index contributed by atoms with van der Waals surface area (Å²) in [4.78, 5) is 0. The summed E-state index contributed by atoms with van der Waals surface area (Å²) in [7, 11) is -7.56. The summed E-state index contributed by atoms with van der Waals surface area (Å²) in [6.07, 6.45) is 0. The Morgan fingerprint density at radius 3 is 0.940 bits per heavy atom. The minimum absolute atomic E-state index is 0.0777. The predicted molar refractivity (Wildman–Crippen MR) is 203 cm³/mol. The third kappa shape index (κ3) is 5.51. The molecule has 6 nitrogen and oxygen atoms in total. The molecule has 2 aliphatic heterocycles. The minimum atomic E-state index is -3.78. The normalized spacial score (nSPS) is 13.4. The molecule has 50 heavy (non-hydrogen) atoms. The van der Waals surface area contributed by atoms with Crippen LogP contribution in [0, 0.1) is 0 Å². The van der Waals surface area contributed by atoms with Gasteiger partial charge in [-0.15, -0.1) is 0 Å². The highest BCUT2D eigenvalue weighted by Crippen LogP contribution is 2.57. The van der Waals surface area contributed by atoms with Crippen LogP contribution in [-0.2, 0) is 9.13 Å². The van der Waals surface area contributed by atoms with Crippen LogP contribution in [0.2, 0.25) is 20.1 Å². The zero-order valence-electron chi connectivity index (χ0n) is 25.8. The van der Waals surface area contributed by atoms with Crippen molar-refractivity contribution in [2.75, 3.05) is 13.6 Å². The molecular formula is C38H24Cl4O6P2. The lowest BCUT2D eigenvalue weighted by atomic mass is 10.0. The fraction of sp³-hybridized carbons (Fsp3) is 0.0526. The Morgan fingerprint density at radius 2 is 0.660 bits per heavy atom. The first-order valence-electron chi connectivity index (χ1n) is 15.3.